The minimum atomic E-state index is -3.63. The van der Waals surface area contributed by atoms with Crippen LogP contribution in [-0.4, -0.2) is 27.3 Å². The number of pyridine rings is 1. The first-order valence-electron chi connectivity index (χ1n) is 8.33. The summed E-state index contributed by atoms with van der Waals surface area (Å²) >= 11 is 5.59. The van der Waals surface area contributed by atoms with Crippen molar-refractivity contribution in [1.29, 1.82) is 0 Å². The number of ether oxygens (including phenoxy) is 2. The topological polar surface area (TPSA) is 46.6 Å². The summed E-state index contributed by atoms with van der Waals surface area (Å²) in [5.74, 6) is -0.00841. The lowest BCUT2D eigenvalue weighted by atomic mass is 10.2. The van der Waals surface area contributed by atoms with E-state index < -0.39 is 6.29 Å². The highest BCUT2D eigenvalue weighted by Gasteiger charge is 2.43. The van der Waals surface area contributed by atoms with Crippen LogP contribution < -0.4 is 14.8 Å². The molecule has 0 bridgehead atoms. The van der Waals surface area contributed by atoms with Crippen molar-refractivity contribution in [2.45, 2.75) is 38.1 Å². The van der Waals surface area contributed by atoms with Crippen molar-refractivity contribution in [2.24, 2.45) is 0 Å². The van der Waals surface area contributed by atoms with E-state index in [1.54, 1.807) is 12.3 Å². The van der Waals surface area contributed by atoms with E-state index in [1.807, 2.05) is 18.2 Å². The lowest BCUT2D eigenvalue weighted by molar-refractivity contribution is -0.286. The molecule has 4 rings (SSSR count). The van der Waals surface area contributed by atoms with Gasteiger partial charge < -0.3 is 19.7 Å². The second-order valence-corrected chi connectivity index (χ2v) is 6.71. The first kappa shape index (κ1) is 17.0. The van der Waals surface area contributed by atoms with Gasteiger partial charge in [-0.2, -0.15) is 0 Å². The minimum absolute atomic E-state index is 0.00189. The second kappa shape index (κ2) is 6.35. The third kappa shape index (κ3) is 3.41. The number of nitrogens with zero attached hydrogens (tertiary/aromatic N) is 2. The van der Waals surface area contributed by atoms with Gasteiger partial charge in [0.15, 0.2) is 16.6 Å². The first-order valence-corrected chi connectivity index (χ1v) is 8.74. The van der Waals surface area contributed by atoms with Crippen LogP contribution in [0.3, 0.4) is 0 Å². The van der Waals surface area contributed by atoms with Crippen molar-refractivity contribution in [3.8, 4) is 11.5 Å². The Hall–Kier alpha value is -2.48. The van der Waals surface area contributed by atoms with Crippen molar-refractivity contribution in [3.63, 3.8) is 0 Å². The van der Waals surface area contributed by atoms with E-state index in [9.17, 15) is 8.78 Å². The number of nitrogens with one attached hydrogen (secondary N) is 1. The Bertz CT molecular complexity index is 830. The summed E-state index contributed by atoms with van der Waals surface area (Å²) in [4.78, 5) is 6.52. The molecule has 26 heavy (non-hydrogen) atoms. The molecule has 136 valence electrons. The highest BCUT2D eigenvalue weighted by molar-refractivity contribution is 7.80. The Labute approximate surface area is 154 Å². The zero-order valence-electron chi connectivity index (χ0n) is 14.0. The van der Waals surface area contributed by atoms with Gasteiger partial charge in [0.2, 0.25) is 0 Å². The van der Waals surface area contributed by atoms with E-state index in [0.717, 1.165) is 18.5 Å². The van der Waals surface area contributed by atoms with Crippen LogP contribution in [0, 0.1) is 0 Å². The fraction of sp³-hybridized carbons (Fsp3) is 0.333. The molecule has 0 amide bonds. The summed E-state index contributed by atoms with van der Waals surface area (Å²) in [6.45, 7) is 2.05. The van der Waals surface area contributed by atoms with Gasteiger partial charge in [-0.15, -0.1) is 8.78 Å². The van der Waals surface area contributed by atoms with Crippen LogP contribution in [0.1, 0.15) is 31.5 Å². The Kier molecular flexibility index (Phi) is 4.14. The van der Waals surface area contributed by atoms with Gasteiger partial charge in [-0.3, -0.25) is 4.98 Å². The summed E-state index contributed by atoms with van der Waals surface area (Å²) in [5, 5.41) is 3.64. The molecule has 0 saturated heterocycles. The summed E-state index contributed by atoms with van der Waals surface area (Å²) < 4.78 is 35.2. The van der Waals surface area contributed by atoms with E-state index in [2.05, 4.69) is 31.6 Å². The van der Waals surface area contributed by atoms with Crippen molar-refractivity contribution in [1.82, 2.24) is 9.88 Å². The van der Waals surface area contributed by atoms with Crippen LogP contribution >= 0.6 is 12.2 Å². The smallest absolute Gasteiger partial charge is 0.395 e. The van der Waals surface area contributed by atoms with E-state index >= 15 is 0 Å². The summed E-state index contributed by atoms with van der Waals surface area (Å²) in [5.41, 5.74) is 1.49. The lowest BCUT2D eigenvalue weighted by Gasteiger charge is -2.31. The Morgan fingerprint density at radius 2 is 2.04 bits per heavy atom. The second-order valence-electron chi connectivity index (χ2n) is 6.33. The van der Waals surface area contributed by atoms with Gasteiger partial charge in [-0.1, -0.05) is 6.07 Å². The molecule has 1 N–H and O–H groups in total. The molecule has 1 aliphatic heterocycles. The van der Waals surface area contributed by atoms with Gasteiger partial charge in [0, 0.05) is 24.0 Å². The Morgan fingerprint density at radius 3 is 2.73 bits per heavy atom. The number of aromatic nitrogens is 1. The van der Waals surface area contributed by atoms with Crippen LogP contribution in [0.2, 0.25) is 0 Å². The average Bonchev–Trinajstić information content (AvgIpc) is 3.37. The molecular weight excluding hydrogens is 360 g/mol. The maximum Gasteiger partial charge on any atom is 0.586 e. The van der Waals surface area contributed by atoms with Crippen LogP contribution in [-0.2, 0) is 0 Å². The van der Waals surface area contributed by atoms with E-state index in [0.29, 0.717) is 16.8 Å². The number of hydrogen-bond donors (Lipinski definition) is 1. The highest BCUT2D eigenvalue weighted by atomic mass is 32.1. The number of hydrogen-bond acceptors (Lipinski definition) is 4. The molecule has 1 aromatic carbocycles. The van der Waals surface area contributed by atoms with E-state index in [1.165, 1.54) is 12.1 Å². The molecule has 8 heteroatoms. The zero-order valence-corrected chi connectivity index (χ0v) is 14.8. The largest absolute Gasteiger partial charge is 0.586 e. The summed E-state index contributed by atoms with van der Waals surface area (Å²) in [6.07, 6.45) is 0.249. The highest BCUT2D eigenvalue weighted by Crippen LogP contribution is 2.42. The Balaban J connectivity index is 1.51. The van der Waals surface area contributed by atoms with Gasteiger partial charge in [-0.25, -0.2) is 0 Å². The molecule has 0 unspecified atom stereocenters. The average molecular weight is 377 g/mol. The summed E-state index contributed by atoms with van der Waals surface area (Å²) in [7, 11) is 0. The number of halogens is 2. The van der Waals surface area contributed by atoms with Crippen LogP contribution in [0.15, 0.2) is 42.6 Å². The number of rotatable bonds is 4. The molecule has 1 fully saturated rings. The van der Waals surface area contributed by atoms with Gasteiger partial charge >= 0.3 is 6.29 Å². The fourth-order valence-electron chi connectivity index (χ4n) is 2.99. The van der Waals surface area contributed by atoms with Crippen LogP contribution in [0.4, 0.5) is 14.5 Å². The molecule has 1 saturated carbocycles. The van der Waals surface area contributed by atoms with Crippen molar-refractivity contribution in [3.05, 3.63) is 48.3 Å². The summed E-state index contributed by atoms with van der Waals surface area (Å²) in [6, 6.07) is 10.7. The molecule has 5 nitrogen and oxygen atoms in total. The molecular formula is C18H17F2N3O2S. The maximum atomic E-state index is 13.2. The number of benzene rings is 1. The molecule has 2 aromatic rings. The van der Waals surface area contributed by atoms with Gasteiger partial charge in [0.05, 0.1) is 11.7 Å². The minimum Gasteiger partial charge on any atom is -0.395 e. The molecule has 0 radical (unpaired) electrons. The van der Waals surface area contributed by atoms with Crippen molar-refractivity contribution in [2.75, 3.05) is 5.32 Å². The molecule has 1 atom stereocenters. The van der Waals surface area contributed by atoms with Crippen LogP contribution in [0.5, 0.6) is 11.5 Å². The first-order chi connectivity index (χ1) is 12.4. The SMILES string of the molecule is C[C@@H](c1ccccn1)N(C(=S)Nc1ccc2c(c1)OC(F)(F)O2)C1CC1. The Morgan fingerprint density at radius 1 is 1.27 bits per heavy atom. The monoisotopic (exact) mass is 377 g/mol. The number of anilines is 1. The predicted molar refractivity (Wildman–Crippen MR) is 96.4 cm³/mol. The molecule has 1 aromatic heterocycles. The van der Waals surface area contributed by atoms with E-state index in [4.69, 9.17) is 12.2 Å². The van der Waals surface area contributed by atoms with Crippen molar-refractivity contribution < 1.29 is 18.3 Å². The standard InChI is InChI=1S/C18H17F2N3O2S/c1-11(14-4-2-3-9-21-14)23(13-6-7-13)17(26)22-12-5-8-15-16(10-12)25-18(19,20)24-15/h2-5,8-11,13H,6-7H2,1H3,(H,22,26)/t11-/m0/s1. The predicted octanol–water partition coefficient (Wildman–Crippen LogP) is 4.33. The lowest BCUT2D eigenvalue weighted by Crippen LogP contribution is -2.38. The number of thiocarbonyl (C=S) groups is 1. The molecule has 2 heterocycles. The van der Waals surface area contributed by atoms with Gasteiger partial charge in [0.25, 0.3) is 0 Å². The normalized spacial score (nSPS) is 18.3. The zero-order chi connectivity index (χ0) is 18.3. The molecule has 1 aliphatic carbocycles. The quantitative estimate of drug-likeness (QED) is 0.801. The number of alkyl halides is 2. The number of fused-ring (bicyclic) bond motifs is 1. The molecule has 2 aliphatic rings. The third-order valence-corrected chi connectivity index (χ3v) is 4.67. The van der Waals surface area contributed by atoms with E-state index in [-0.39, 0.29) is 17.5 Å². The molecule has 0 spiro atoms. The fourth-order valence-corrected chi connectivity index (χ4v) is 3.42. The van der Waals surface area contributed by atoms with Crippen LogP contribution in [0.25, 0.3) is 0 Å². The van der Waals surface area contributed by atoms with Gasteiger partial charge in [-0.05, 0) is 56.2 Å². The van der Waals surface area contributed by atoms with Crippen molar-refractivity contribution >= 4 is 23.0 Å². The maximum absolute atomic E-state index is 13.2. The third-order valence-electron chi connectivity index (χ3n) is 4.36. The van der Waals surface area contributed by atoms with Gasteiger partial charge in [0.1, 0.15) is 0 Å².